The van der Waals surface area contributed by atoms with Gasteiger partial charge in [0.05, 0.1) is 11.4 Å². The van der Waals surface area contributed by atoms with Crippen LogP contribution in [0.15, 0.2) is 0 Å². The standard InChI is InChI=1S/C8H10N6O2/c1-4-6(7(15)16)5(2)14(10-4)8-9-11-12-13(8)3/h1-3H3,(H,15,16). The van der Waals surface area contributed by atoms with E-state index in [1.807, 2.05) is 0 Å². The smallest absolute Gasteiger partial charge is 0.339 e. The molecule has 0 saturated heterocycles. The Morgan fingerprint density at radius 3 is 2.50 bits per heavy atom. The summed E-state index contributed by atoms with van der Waals surface area (Å²) in [6.07, 6.45) is 0. The molecule has 0 spiro atoms. The Balaban J connectivity index is 2.65. The Morgan fingerprint density at radius 2 is 2.06 bits per heavy atom. The molecule has 0 aromatic carbocycles. The van der Waals surface area contributed by atoms with Gasteiger partial charge in [-0.15, -0.1) is 0 Å². The number of hydrogen-bond donors (Lipinski definition) is 1. The number of nitrogens with zero attached hydrogens (tertiary/aromatic N) is 6. The van der Waals surface area contributed by atoms with E-state index in [0.717, 1.165) is 0 Å². The topological polar surface area (TPSA) is 98.7 Å². The number of tetrazole rings is 1. The van der Waals surface area contributed by atoms with Gasteiger partial charge in [-0.05, 0) is 24.3 Å². The van der Waals surface area contributed by atoms with Crippen molar-refractivity contribution in [3.8, 4) is 5.95 Å². The summed E-state index contributed by atoms with van der Waals surface area (Å²) >= 11 is 0. The molecular weight excluding hydrogens is 212 g/mol. The summed E-state index contributed by atoms with van der Waals surface area (Å²) in [5.74, 6) is -0.621. The summed E-state index contributed by atoms with van der Waals surface area (Å²) in [7, 11) is 1.66. The molecule has 0 amide bonds. The minimum atomic E-state index is -1.00. The molecule has 84 valence electrons. The molecule has 0 aliphatic heterocycles. The number of aromatic nitrogens is 6. The van der Waals surface area contributed by atoms with Crippen LogP contribution in [0.1, 0.15) is 21.7 Å². The Kier molecular flexibility index (Phi) is 2.18. The first-order valence-corrected chi connectivity index (χ1v) is 4.54. The van der Waals surface area contributed by atoms with Crippen molar-refractivity contribution in [3.05, 3.63) is 17.0 Å². The molecule has 8 nitrogen and oxygen atoms in total. The Morgan fingerprint density at radius 1 is 1.38 bits per heavy atom. The first-order valence-electron chi connectivity index (χ1n) is 4.54. The highest BCUT2D eigenvalue weighted by Gasteiger charge is 2.20. The zero-order valence-corrected chi connectivity index (χ0v) is 9.04. The van der Waals surface area contributed by atoms with E-state index in [4.69, 9.17) is 5.11 Å². The van der Waals surface area contributed by atoms with Gasteiger partial charge in [-0.3, -0.25) is 0 Å². The minimum absolute atomic E-state index is 0.183. The molecule has 0 aliphatic carbocycles. The number of aryl methyl sites for hydroxylation is 2. The first-order chi connectivity index (χ1) is 7.52. The first kappa shape index (κ1) is 10.3. The van der Waals surface area contributed by atoms with Crippen LogP contribution in [0, 0.1) is 13.8 Å². The fourth-order valence-electron chi connectivity index (χ4n) is 1.55. The van der Waals surface area contributed by atoms with E-state index in [1.165, 1.54) is 9.36 Å². The lowest BCUT2D eigenvalue weighted by Crippen LogP contribution is -2.08. The second-order valence-corrected chi connectivity index (χ2v) is 3.37. The summed E-state index contributed by atoms with van der Waals surface area (Å²) in [4.78, 5) is 11.0. The number of rotatable bonds is 2. The largest absolute Gasteiger partial charge is 0.478 e. The molecule has 0 bridgehead atoms. The lowest BCUT2D eigenvalue weighted by atomic mass is 10.2. The third-order valence-electron chi connectivity index (χ3n) is 2.29. The van der Waals surface area contributed by atoms with Crippen LogP contribution >= 0.6 is 0 Å². The third-order valence-corrected chi connectivity index (χ3v) is 2.29. The highest BCUT2D eigenvalue weighted by molar-refractivity contribution is 5.90. The van der Waals surface area contributed by atoms with Gasteiger partial charge in [0.15, 0.2) is 0 Å². The Labute approximate surface area is 90.5 Å². The normalized spacial score (nSPS) is 10.7. The van der Waals surface area contributed by atoms with Gasteiger partial charge in [-0.2, -0.15) is 5.10 Å². The number of hydrogen-bond acceptors (Lipinski definition) is 5. The zero-order chi connectivity index (χ0) is 11.9. The molecule has 0 aliphatic rings. The van der Waals surface area contributed by atoms with Crippen molar-refractivity contribution in [2.45, 2.75) is 13.8 Å². The third kappa shape index (κ3) is 1.35. The van der Waals surface area contributed by atoms with Crippen LogP contribution < -0.4 is 0 Å². The van der Waals surface area contributed by atoms with Gasteiger partial charge in [-0.1, -0.05) is 5.10 Å². The monoisotopic (exact) mass is 222 g/mol. The lowest BCUT2D eigenvalue weighted by molar-refractivity contribution is 0.0695. The van der Waals surface area contributed by atoms with E-state index in [2.05, 4.69) is 20.6 Å². The molecule has 0 radical (unpaired) electrons. The van der Waals surface area contributed by atoms with Crippen LogP contribution in [0.25, 0.3) is 5.95 Å². The summed E-state index contributed by atoms with van der Waals surface area (Å²) in [6.45, 7) is 3.30. The van der Waals surface area contributed by atoms with E-state index >= 15 is 0 Å². The summed E-state index contributed by atoms with van der Waals surface area (Å²) in [6, 6.07) is 0. The van der Waals surface area contributed by atoms with Gasteiger partial charge in [0, 0.05) is 7.05 Å². The van der Waals surface area contributed by atoms with Crippen molar-refractivity contribution >= 4 is 5.97 Å². The number of carboxylic acids is 1. The van der Waals surface area contributed by atoms with Crippen LogP contribution in [0.3, 0.4) is 0 Å². The molecule has 2 heterocycles. The molecular formula is C8H10N6O2. The van der Waals surface area contributed by atoms with Gasteiger partial charge < -0.3 is 5.11 Å². The number of aromatic carboxylic acids is 1. The van der Waals surface area contributed by atoms with Crippen LogP contribution in [-0.4, -0.2) is 41.1 Å². The predicted molar refractivity (Wildman–Crippen MR) is 52.4 cm³/mol. The molecule has 1 N–H and O–H groups in total. The average molecular weight is 222 g/mol. The molecule has 0 fully saturated rings. The quantitative estimate of drug-likeness (QED) is 0.749. The number of carbonyl (C=O) groups is 1. The maximum Gasteiger partial charge on any atom is 0.339 e. The van der Waals surface area contributed by atoms with Crippen molar-refractivity contribution in [1.82, 2.24) is 30.0 Å². The van der Waals surface area contributed by atoms with Crippen LogP contribution in [0.2, 0.25) is 0 Å². The molecule has 2 rings (SSSR count). The maximum atomic E-state index is 11.0. The summed E-state index contributed by atoms with van der Waals surface area (Å²) in [5.41, 5.74) is 1.12. The predicted octanol–water partition coefficient (Wildman–Crippen LogP) is -0.289. The van der Waals surface area contributed by atoms with Crippen molar-refractivity contribution < 1.29 is 9.90 Å². The molecule has 2 aromatic rings. The summed E-state index contributed by atoms with van der Waals surface area (Å²) < 4.78 is 2.84. The maximum absolute atomic E-state index is 11.0. The SMILES string of the molecule is Cc1nn(-c2nnnn2C)c(C)c1C(=O)O. The van der Waals surface area contributed by atoms with E-state index < -0.39 is 5.97 Å². The second-order valence-electron chi connectivity index (χ2n) is 3.37. The van der Waals surface area contributed by atoms with Gasteiger partial charge >= 0.3 is 5.97 Å². The fourth-order valence-corrected chi connectivity index (χ4v) is 1.55. The van der Waals surface area contributed by atoms with Gasteiger partial charge in [0.2, 0.25) is 0 Å². The minimum Gasteiger partial charge on any atom is -0.478 e. The van der Waals surface area contributed by atoms with Crippen LogP contribution in [-0.2, 0) is 7.05 Å². The highest BCUT2D eigenvalue weighted by Crippen LogP contribution is 2.15. The zero-order valence-electron chi connectivity index (χ0n) is 9.04. The molecule has 16 heavy (non-hydrogen) atoms. The molecule has 8 heteroatoms. The number of carboxylic acid groups (broad SMARTS) is 1. The highest BCUT2D eigenvalue weighted by atomic mass is 16.4. The van der Waals surface area contributed by atoms with Crippen molar-refractivity contribution in [2.24, 2.45) is 7.05 Å². The lowest BCUT2D eigenvalue weighted by Gasteiger charge is -2.00. The molecule has 0 saturated carbocycles. The van der Waals surface area contributed by atoms with Crippen LogP contribution in [0.5, 0.6) is 0 Å². The van der Waals surface area contributed by atoms with E-state index in [9.17, 15) is 4.79 Å². The average Bonchev–Trinajstić information content (AvgIpc) is 2.70. The fraction of sp³-hybridized carbons (Fsp3) is 0.375. The summed E-state index contributed by atoms with van der Waals surface area (Å²) in [5, 5.41) is 24.0. The van der Waals surface area contributed by atoms with Crippen molar-refractivity contribution in [1.29, 1.82) is 0 Å². The molecule has 0 unspecified atom stereocenters. The van der Waals surface area contributed by atoms with Crippen molar-refractivity contribution in [3.63, 3.8) is 0 Å². The molecule has 0 atom stereocenters. The molecule has 2 aromatic heterocycles. The van der Waals surface area contributed by atoms with Crippen LogP contribution in [0.4, 0.5) is 0 Å². The Hall–Kier alpha value is -2.25. The Bertz CT molecular complexity index is 555. The van der Waals surface area contributed by atoms with E-state index in [0.29, 0.717) is 17.3 Å². The van der Waals surface area contributed by atoms with E-state index in [1.54, 1.807) is 20.9 Å². The van der Waals surface area contributed by atoms with Gasteiger partial charge in [0.25, 0.3) is 5.95 Å². The van der Waals surface area contributed by atoms with Gasteiger partial charge in [-0.25, -0.2) is 14.2 Å². The van der Waals surface area contributed by atoms with Crippen molar-refractivity contribution in [2.75, 3.05) is 0 Å². The van der Waals surface area contributed by atoms with Gasteiger partial charge in [0.1, 0.15) is 5.56 Å². The second kappa shape index (κ2) is 3.40. The van der Waals surface area contributed by atoms with E-state index in [-0.39, 0.29) is 5.56 Å².